The van der Waals surface area contributed by atoms with Crippen LogP contribution in [0.1, 0.15) is 21.5 Å². The molecule has 0 heterocycles. The number of esters is 1. The molecule has 0 aromatic heterocycles. The second-order valence-electron chi connectivity index (χ2n) is 3.32. The van der Waals surface area contributed by atoms with Crippen molar-refractivity contribution in [1.29, 1.82) is 0 Å². The second kappa shape index (κ2) is 5.03. The van der Waals surface area contributed by atoms with Crippen LogP contribution in [0.15, 0.2) is 30.9 Å². The average Bonchev–Trinajstić information content (AvgIpc) is 2.27. The van der Waals surface area contributed by atoms with Crippen LogP contribution in [0.5, 0.6) is 0 Å². The molecule has 17 heavy (non-hydrogen) atoms. The van der Waals surface area contributed by atoms with Gasteiger partial charge in [-0.15, -0.1) is 6.58 Å². The van der Waals surface area contributed by atoms with Gasteiger partial charge in [0.25, 0.3) is 0 Å². The smallest absolute Gasteiger partial charge is 0.417 e. The molecule has 0 N–H and O–H groups in total. The van der Waals surface area contributed by atoms with Gasteiger partial charge in [-0.05, 0) is 18.1 Å². The molecule has 1 aromatic carbocycles. The number of allylic oxidation sites excluding steroid dienone is 1. The summed E-state index contributed by atoms with van der Waals surface area (Å²) in [6.45, 7) is 3.44. The number of rotatable bonds is 3. The molecule has 2 nitrogen and oxygen atoms in total. The molecule has 0 aliphatic carbocycles. The number of ether oxygens (including phenoxy) is 1. The minimum atomic E-state index is -4.58. The van der Waals surface area contributed by atoms with Crippen LogP contribution in [0.3, 0.4) is 0 Å². The molecule has 0 atom stereocenters. The van der Waals surface area contributed by atoms with Crippen LogP contribution in [0.4, 0.5) is 13.2 Å². The normalized spacial score (nSPS) is 11.1. The van der Waals surface area contributed by atoms with Crippen LogP contribution in [0.25, 0.3) is 0 Å². The van der Waals surface area contributed by atoms with Crippen molar-refractivity contribution in [3.05, 3.63) is 47.5 Å². The molecule has 0 amide bonds. The number of carbonyl (C=O) groups is 1. The number of hydrogen-bond acceptors (Lipinski definition) is 2. The number of methoxy groups -OCH3 is 1. The fourth-order valence-corrected chi connectivity index (χ4v) is 1.51. The van der Waals surface area contributed by atoms with Gasteiger partial charge in [0.05, 0.1) is 18.2 Å². The third-order valence-electron chi connectivity index (χ3n) is 2.21. The molecular formula is C12H11F3O2. The van der Waals surface area contributed by atoms with Crippen LogP contribution >= 0.6 is 0 Å². The van der Waals surface area contributed by atoms with Gasteiger partial charge in [-0.1, -0.05) is 18.2 Å². The molecule has 0 fully saturated rings. The molecule has 0 saturated carbocycles. The van der Waals surface area contributed by atoms with Crippen molar-refractivity contribution >= 4 is 5.97 Å². The minimum absolute atomic E-state index is 0.175. The lowest BCUT2D eigenvalue weighted by Gasteiger charge is -2.14. The Labute approximate surface area is 96.7 Å². The summed E-state index contributed by atoms with van der Waals surface area (Å²) in [4.78, 5) is 11.4. The summed E-state index contributed by atoms with van der Waals surface area (Å²) in [6, 6.07) is 3.57. The lowest BCUT2D eigenvalue weighted by Crippen LogP contribution is -2.16. The topological polar surface area (TPSA) is 26.3 Å². The zero-order valence-electron chi connectivity index (χ0n) is 9.17. The van der Waals surface area contributed by atoms with Crippen LogP contribution in [-0.4, -0.2) is 13.1 Å². The van der Waals surface area contributed by atoms with Crippen molar-refractivity contribution in [2.45, 2.75) is 12.6 Å². The van der Waals surface area contributed by atoms with Crippen molar-refractivity contribution in [3.8, 4) is 0 Å². The molecular weight excluding hydrogens is 233 g/mol. The summed E-state index contributed by atoms with van der Waals surface area (Å²) in [5, 5.41) is 0. The van der Waals surface area contributed by atoms with E-state index in [9.17, 15) is 18.0 Å². The molecule has 5 heteroatoms. The predicted molar refractivity (Wildman–Crippen MR) is 56.7 cm³/mol. The van der Waals surface area contributed by atoms with Gasteiger partial charge >= 0.3 is 12.1 Å². The highest BCUT2D eigenvalue weighted by molar-refractivity contribution is 5.93. The minimum Gasteiger partial charge on any atom is -0.465 e. The Kier molecular flexibility index (Phi) is 3.93. The zero-order valence-corrected chi connectivity index (χ0v) is 9.17. The predicted octanol–water partition coefficient (Wildman–Crippen LogP) is 3.22. The maximum Gasteiger partial charge on any atom is 0.417 e. The molecule has 0 aliphatic heterocycles. The van der Waals surface area contributed by atoms with Crippen molar-refractivity contribution in [2.75, 3.05) is 7.11 Å². The van der Waals surface area contributed by atoms with E-state index in [-0.39, 0.29) is 12.0 Å². The molecule has 0 aliphatic rings. The first-order valence-electron chi connectivity index (χ1n) is 4.80. The molecule has 0 saturated heterocycles. The maximum absolute atomic E-state index is 12.7. The first-order chi connectivity index (χ1) is 7.91. The van der Waals surface area contributed by atoms with E-state index < -0.39 is 23.3 Å². The van der Waals surface area contributed by atoms with E-state index in [0.717, 1.165) is 13.2 Å². The largest absolute Gasteiger partial charge is 0.465 e. The lowest BCUT2D eigenvalue weighted by atomic mass is 9.98. The van der Waals surface area contributed by atoms with Gasteiger partial charge in [0.2, 0.25) is 0 Å². The van der Waals surface area contributed by atoms with Crippen LogP contribution in [0.2, 0.25) is 0 Å². The van der Waals surface area contributed by atoms with Crippen molar-refractivity contribution in [3.63, 3.8) is 0 Å². The molecule has 0 spiro atoms. The van der Waals surface area contributed by atoms with Gasteiger partial charge in [0.15, 0.2) is 0 Å². The quantitative estimate of drug-likeness (QED) is 0.602. The number of hydrogen-bond donors (Lipinski definition) is 0. The van der Waals surface area contributed by atoms with Gasteiger partial charge in [-0.3, -0.25) is 0 Å². The number of carbonyl (C=O) groups excluding carboxylic acids is 1. The third kappa shape index (κ3) is 2.87. The van der Waals surface area contributed by atoms with Crippen LogP contribution < -0.4 is 0 Å². The molecule has 92 valence electrons. The first-order valence-corrected chi connectivity index (χ1v) is 4.80. The van der Waals surface area contributed by atoms with E-state index in [1.165, 1.54) is 18.2 Å². The Hall–Kier alpha value is -1.78. The van der Waals surface area contributed by atoms with Gasteiger partial charge in [0, 0.05) is 0 Å². The molecule has 0 bridgehead atoms. The highest BCUT2D eigenvalue weighted by Gasteiger charge is 2.36. The van der Waals surface area contributed by atoms with Gasteiger partial charge in [0.1, 0.15) is 0 Å². The van der Waals surface area contributed by atoms with Crippen LogP contribution in [-0.2, 0) is 17.3 Å². The van der Waals surface area contributed by atoms with E-state index in [1.807, 2.05) is 0 Å². The monoisotopic (exact) mass is 244 g/mol. The van der Waals surface area contributed by atoms with Crippen LogP contribution in [0, 0.1) is 0 Å². The van der Waals surface area contributed by atoms with Crippen molar-refractivity contribution in [2.24, 2.45) is 0 Å². The van der Waals surface area contributed by atoms with Gasteiger partial charge in [-0.2, -0.15) is 13.2 Å². The Morgan fingerprint density at radius 2 is 2.12 bits per heavy atom. The molecule has 1 aromatic rings. The van der Waals surface area contributed by atoms with Gasteiger partial charge < -0.3 is 4.74 Å². The molecule has 0 radical (unpaired) electrons. The van der Waals surface area contributed by atoms with Gasteiger partial charge in [-0.25, -0.2) is 4.79 Å². The summed E-state index contributed by atoms with van der Waals surface area (Å²) in [7, 11) is 1.05. The number of halogens is 3. The standard InChI is InChI=1S/C12H11F3O2/c1-3-5-8-6-4-7-9(12(13,14)15)10(8)11(16)17-2/h3-4,6-7H,1,5H2,2H3. The Balaban J connectivity index is 3.44. The SMILES string of the molecule is C=CCc1cccc(C(F)(F)F)c1C(=O)OC. The first kappa shape index (κ1) is 13.3. The van der Waals surface area contributed by atoms with E-state index >= 15 is 0 Å². The Morgan fingerprint density at radius 3 is 2.59 bits per heavy atom. The van der Waals surface area contributed by atoms with E-state index in [2.05, 4.69) is 11.3 Å². The lowest BCUT2D eigenvalue weighted by molar-refractivity contribution is -0.138. The zero-order chi connectivity index (χ0) is 13.1. The second-order valence-corrected chi connectivity index (χ2v) is 3.32. The third-order valence-corrected chi connectivity index (χ3v) is 2.21. The summed E-state index contributed by atoms with van der Waals surface area (Å²) < 4.78 is 42.6. The number of benzene rings is 1. The van der Waals surface area contributed by atoms with E-state index in [1.54, 1.807) is 0 Å². The maximum atomic E-state index is 12.7. The molecule has 0 unspecified atom stereocenters. The Morgan fingerprint density at radius 1 is 1.47 bits per heavy atom. The summed E-state index contributed by atoms with van der Waals surface area (Å²) >= 11 is 0. The average molecular weight is 244 g/mol. The van der Waals surface area contributed by atoms with Crippen molar-refractivity contribution in [1.82, 2.24) is 0 Å². The van der Waals surface area contributed by atoms with Crippen molar-refractivity contribution < 1.29 is 22.7 Å². The van der Waals surface area contributed by atoms with E-state index in [0.29, 0.717) is 0 Å². The summed E-state index contributed by atoms with van der Waals surface area (Å²) in [5.41, 5.74) is -1.17. The molecule has 1 rings (SSSR count). The Bertz CT molecular complexity index is 436. The summed E-state index contributed by atoms with van der Waals surface area (Å²) in [5.74, 6) is -0.991. The fourth-order valence-electron chi connectivity index (χ4n) is 1.51. The fraction of sp³-hybridized carbons (Fsp3) is 0.250. The highest BCUT2D eigenvalue weighted by Crippen LogP contribution is 2.33. The number of alkyl halides is 3. The van der Waals surface area contributed by atoms with E-state index in [4.69, 9.17) is 0 Å². The highest BCUT2D eigenvalue weighted by atomic mass is 19.4. The summed E-state index contributed by atoms with van der Waals surface area (Å²) in [6.07, 6.45) is -2.98.